The van der Waals surface area contributed by atoms with Crippen molar-refractivity contribution in [2.75, 3.05) is 4.90 Å². The highest BCUT2D eigenvalue weighted by Gasteiger charge is 2.14. The topological polar surface area (TPSA) is 19.0 Å². The van der Waals surface area contributed by atoms with Crippen LogP contribution in [0.3, 0.4) is 0 Å². The molecular formula is C25H22N2. The van der Waals surface area contributed by atoms with Crippen molar-refractivity contribution in [3.8, 4) is 0 Å². The Hall–Kier alpha value is -3.52. The molecule has 1 heterocycles. The second-order valence-electron chi connectivity index (χ2n) is 6.40. The zero-order chi connectivity index (χ0) is 18.6. The van der Waals surface area contributed by atoms with Crippen molar-refractivity contribution in [3.05, 3.63) is 109 Å². The summed E-state index contributed by atoms with van der Waals surface area (Å²) in [5, 5.41) is 2.46. The smallest absolute Gasteiger partial charge is 0.0469 e. The van der Waals surface area contributed by atoms with Gasteiger partial charge in [-0.1, -0.05) is 55.1 Å². The molecule has 0 amide bonds. The fourth-order valence-corrected chi connectivity index (χ4v) is 3.50. The van der Waals surface area contributed by atoms with Crippen LogP contribution >= 0.6 is 0 Å². The summed E-state index contributed by atoms with van der Waals surface area (Å²) in [7, 11) is 0. The van der Waals surface area contributed by atoms with Crippen molar-refractivity contribution >= 4 is 33.2 Å². The maximum Gasteiger partial charge on any atom is 0.0469 e. The molecule has 2 nitrogen and oxygen atoms in total. The van der Waals surface area contributed by atoms with Gasteiger partial charge in [0.25, 0.3) is 0 Å². The van der Waals surface area contributed by atoms with Gasteiger partial charge in [0, 0.05) is 38.9 Å². The Morgan fingerprint density at radius 2 is 1.59 bits per heavy atom. The van der Waals surface area contributed by atoms with Crippen LogP contribution in [0, 0.1) is 0 Å². The van der Waals surface area contributed by atoms with E-state index in [9.17, 15) is 0 Å². The number of hydrogen-bond acceptors (Lipinski definition) is 1. The third-order valence-corrected chi connectivity index (χ3v) is 4.65. The van der Waals surface area contributed by atoms with Crippen molar-refractivity contribution < 1.29 is 0 Å². The second kappa shape index (κ2) is 7.38. The van der Waals surface area contributed by atoms with Crippen LogP contribution in [-0.2, 0) is 0 Å². The Balaban J connectivity index is 1.95. The Morgan fingerprint density at radius 1 is 0.852 bits per heavy atom. The monoisotopic (exact) mass is 350 g/mol. The van der Waals surface area contributed by atoms with E-state index in [1.165, 1.54) is 10.8 Å². The first-order valence-electron chi connectivity index (χ1n) is 9.13. The summed E-state index contributed by atoms with van der Waals surface area (Å²) in [6, 6.07) is 25.4. The molecule has 1 N–H and O–H groups in total. The fraction of sp³-hybridized carbons (Fsp3) is 0.0400. The second-order valence-corrected chi connectivity index (χ2v) is 6.40. The van der Waals surface area contributed by atoms with Gasteiger partial charge in [0.05, 0.1) is 0 Å². The molecular weight excluding hydrogens is 328 g/mol. The number of para-hydroxylation sites is 2. The van der Waals surface area contributed by atoms with Crippen LogP contribution in [0.2, 0.25) is 0 Å². The lowest BCUT2D eigenvalue weighted by molar-refractivity contribution is 1.21. The summed E-state index contributed by atoms with van der Waals surface area (Å²) in [5.41, 5.74) is 5.60. The number of anilines is 2. The summed E-state index contributed by atoms with van der Waals surface area (Å²) in [4.78, 5) is 5.75. The minimum absolute atomic E-state index is 1.07. The molecule has 0 saturated heterocycles. The van der Waals surface area contributed by atoms with Gasteiger partial charge in [-0.2, -0.15) is 0 Å². The van der Waals surface area contributed by atoms with Crippen molar-refractivity contribution in [2.45, 2.75) is 6.92 Å². The molecule has 0 atom stereocenters. The van der Waals surface area contributed by atoms with Gasteiger partial charge in [-0.25, -0.2) is 0 Å². The number of aromatic nitrogens is 1. The van der Waals surface area contributed by atoms with E-state index in [4.69, 9.17) is 0 Å². The maximum atomic E-state index is 3.89. The van der Waals surface area contributed by atoms with Gasteiger partial charge in [-0.15, -0.1) is 0 Å². The van der Waals surface area contributed by atoms with Crippen molar-refractivity contribution in [1.29, 1.82) is 0 Å². The highest BCUT2D eigenvalue weighted by atomic mass is 15.1. The Bertz CT molecular complexity index is 1150. The molecule has 4 aromatic rings. The summed E-state index contributed by atoms with van der Waals surface area (Å²) in [6.45, 7) is 5.92. The SMILES string of the molecule is C=C/C=C(\C=C/C)N(c1ccccc1)c1ccc2[nH]c3ccccc3c2c1. The van der Waals surface area contributed by atoms with Gasteiger partial charge in [-0.05, 0) is 55.5 Å². The van der Waals surface area contributed by atoms with E-state index in [0.717, 1.165) is 28.1 Å². The third kappa shape index (κ3) is 3.18. The van der Waals surface area contributed by atoms with Crippen LogP contribution in [0.4, 0.5) is 11.4 Å². The summed E-state index contributed by atoms with van der Waals surface area (Å²) in [6.07, 6.45) is 8.02. The number of nitrogens with zero attached hydrogens (tertiary/aromatic N) is 1. The third-order valence-electron chi connectivity index (χ3n) is 4.65. The molecule has 0 aliphatic carbocycles. The molecule has 2 heteroatoms. The Kier molecular flexibility index (Phi) is 4.63. The van der Waals surface area contributed by atoms with Crippen LogP contribution in [0.25, 0.3) is 21.8 Å². The number of allylic oxidation sites excluding steroid dienone is 4. The summed E-state index contributed by atoms with van der Waals surface area (Å²) in [5.74, 6) is 0. The number of aromatic amines is 1. The van der Waals surface area contributed by atoms with Crippen LogP contribution < -0.4 is 4.90 Å². The minimum atomic E-state index is 1.07. The average Bonchev–Trinajstić information content (AvgIpc) is 3.08. The highest BCUT2D eigenvalue weighted by Crippen LogP contribution is 2.35. The zero-order valence-corrected chi connectivity index (χ0v) is 15.4. The predicted octanol–water partition coefficient (Wildman–Crippen LogP) is 7.11. The number of benzene rings is 3. The van der Waals surface area contributed by atoms with E-state index >= 15 is 0 Å². The first kappa shape index (κ1) is 16.9. The predicted molar refractivity (Wildman–Crippen MR) is 117 cm³/mol. The fourth-order valence-electron chi connectivity index (χ4n) is 3.50. The van der Waals surface area contributed by atoms with Crippen LogP contribution in [0.1, 0.15) is 6.92 Å². The molecule has 0 bridgehead atoms. The van der Waals surface area contributed by atoms with E-state index in [1.807, 2.05) is 25.1 Å². The largest absolute Gasteiger partial charge is 0.355 e. The van der Waals surface area contributed by atoms with Gasteiger partial charge in [0.15, 0.2) is 0 Å². The lowest BCUT2D eigenvalue weighted by Gasteiger charge is -2.26. The minimum Gasteiger partial charge on any atom is -0.355 e. The highest BCUT2D eigenvalue weighted by molar-refractivity contribution is 6.08. The molecule has 27 heavy (non-hydrogen) atoms. The van der Waals surface area contributed by atoms with Gasteiger partial charge in [-0.3, -0.25) is 0 Å². The number of hydrogen-bond donors (Lipinski definition) is 1. The number of nitrogens with one attached hydrogen (secondary N) is 1. The lowest BCUT2D eigenvalue weighted by Crippen LogP contribution is -2.15. The molecule has 0 saturated carbocycles. The van der Waals surface area contributed by atoms with Crippen molar-refractivity contribution in [2.24, 2.45) is 0 Å². The summed E-state index contributed by atoms with van der Waals surface area (Å²) < 4.78 is 0. The van der Waals surface area contributed by atoms with Gasteiger partial charge in [0.1, 0.15) is 0 Å². The van der Waals surface area contributed by atoms with E-state index in [2.05, 4.69) is 95.3 Å². The van der Waals surface area contributed by atoms with Crippen LogP contribution in [0.15, 0.2) is 109 Å². The van der Waals surface area contributed by atoms with Gasteiger partial charge < -0.3 is 9.88 Å². The van der Waals surface area contributed by atoms with E-state index in [1.54, 1.807) is 0 Å². The van der Waals surface area contributed by atoms with Crippen LogP contribution in [0.5, 0.6) is 0 Å². The van der Waals surface area contributed by atoms with Crippen molar-refractivity contribution in [3.63, 3.8) is 0 Å². The van der Waals surface area contributed by atoms with Crippen LogP contribution in [-0.4, -0.2) is 4.98 Å². The molecule has 3 aromatic carbocycles. The molecule has 4 rings (SSSR count). The normalized spacial score (nSPS) is 12.1. The Labute approximate surface area is 159 Å². The molecule has 0 aliphatic heterocycles. The standard InChI is InChI=1S/C25H22N2/c1-3-10-19(11-4-2)27(20-12-6-5-7-13-20)21-16-17-25-23(18-21)22-14-8-9-15-24(22)26-25/h3-18,26H,1H2,2H3/b11-4-,19-10+. The van der Waals surface area contributed by atoms with Crippen molar-refractivity contribution in [1.82, 2.24) is 4.98 Å². The number of rotatable bonds is 5. The molecule has 1 aromatic heterocycles. The van der Waals surface area contributed by atoms with Gasteiger partial charge >= 0.3 is 0 Å². The number of fused-ring (bicyclic) bond motifs is 3. The van der Waals surface area contributed by atoms with E-state index in [-0.39, 0.29) is 0 Å². The molecule has 0 spiro atoms. The molecule has 0 aliphatic rings. The van der Waals surface area contributed by atoms with Gasteiger partial charge in [0.2, 0.25) is 0 Å². The molecule has 0 radical (unpaired) electrons. The first-order chi connectivity index (χ1) is 13.3. The molecule has 0 fully saturated rings. The maximum absolute atomic E-state index is 3.89. The number of H-pyrrole nitrogens is 1. The molecule has 0 unspecified atom stereocenters. The average molecular weight is 350 g/mol. The van der Waals surface area contributed by atoms with E-state index < -0.39 is 0 Å². The zero-order valence-electron chi connectivity index (χ0n) is 15.4. The quantitative estimate of drug-likeness (QED) is 0.380. The Morgan fingerprint density at radius 3 is 2.37 bits per heavy atom. The molecule has 132 valence electrons. The lowest BCUT2D eigenvalue weighted by atomic mass is 10.1. The first-order valence-corrected chi connectivity index (χ1v) is 9.13. The summed E-state index contributed by atoms with van der Waals surface area (Å²) >= 11 is 0. The van der Waals surface area contributed by atoms with E-state index in [0.29, 0.717) is 0 Å².